The van der Waals surface area contributed by atoms with Gasteiger partial charge in [-0.15, -0.1) is 0 Å². The van der Waals surface area contributed by atoms with E-state index >= 15 is 0 Å². The fourth-order valence-corrected chi connectivity index (χ4v) is 3.53. The molecule has 98 valence electrons. The van der Waals surface area contributed by atoms with E-state index in [0.717, 1.165) is 4.31 Å². The summed E-state index contributed by atoms with van der Waals surface area (Å²) in [7, 11) is -2.51. The van der Waals surface area contributed by atoms with E-state index < -0.39 is 10.0 Å². The number of hydrogen-bond donors (Lipinski definition) is 1. The molecule has 0 heterocycles. The maximum atomic E-state index is 12.2. The van der Waals surface area contributed by atoms with Crippen LogP contribution in [0, 0.1) is 11.3 Å². The first-order chi connectivity index (χ1) is 8.32. The summed E-state index contributed by atoms with van der Waals surface area (Å²) in [5.41, 5.74) is 5.69. The van der Waals surface area contributed by atoms with E-state index in [-0.39, 0.29) is 33.6 Å². The van der Waals surface area contributed by atoms with Crippen LogP contribution in [0.25, 0.3) is 0 Å². The highest BCUT2D eigenvalue weighted by Gasteiger charge is 2.27. The monoisotopic (exact) mass is 307 g/mol. The van der Waals surface area contributed by atoms with Crippen LogP contribution in [0.15, 0.2) is 17.0 Å². The first kappa shape index (κ1) is 15.1. The molecule has 0 bridgehead atoms. The van der Waals surface area contributed by atoms with E-state index in [2.05, 4.69) is 0 Å². The molecule has 0 aliphatic heterocycles. The summed E-state index contributed by atoms with van der Waals surface area (Å²) < 4.78 is 25.5. The Morgan fingerprint density at radius 3 is 2.61 bits per heavy atom. The summed E-state index contributed by atoms with van der Waals surface area (Å²) in [4.78, 5) is -0.230. The van der Waals surface area contributed by atoms with Crippen molar-refractivity contribution in [1.29, 1.82) is 5.26 Å². The zero-order valence-electron chi connectivity index (χ0n) is 9.52. The van der Waals surface area contributed by atoms with E-state index in [1.165, 1.54) is 19.2 Å². The normalized spacial score (nSPS) is 11.5. The van der Waals surface area contributed by atoms with Gasteiger partial charge in [-0.05, 0) is 12.1 Å². The SMILES string of the molecule is CN(CCC#N)S(=O)(=O)c1c(Cl)ccc(N)c1Cl. The number of benzene rings is 1. The number of hydrogen-bond acceptors (Lipinski definition) is 4. The van der Waals surface area contributed by atoms with Gasteiger partial charge < -0.3 is 5.73 Å². The van der Waals surface area contributed by atoms with Crippen LogP contribution < -0.4 is 5.73 Å². The van der Waals surface area contributed by atoms with Gasteiger partial charge in [-0.1, -0.05) is 23.2 Å². The number of nitrogens with two attached hydrogens (primary N) is 1. The molecule has 8 heteroatoms. The third-order valence-electron chi connectivity index (χ3n) is 2.29. The highest BCUT2D eigenvalue weighted by molar-refractivity contribution is 7.89. The number of nitrogen functional groups attached to an aromatic ring is 1. The zero-order valence-corrected chi connectivity index (χ0v) is 11.8. The summed E-state index contributed by atoms with van der Waals surface area (Å²) in [6, 6.07) is 4.66. The average molecular weight is 308 g/mol. The second kappa shape index (κ2) is 5.76. The fraction of sp³-hybridized carbons (Fsp3) is 0.300. The number of nitrogens with zero attached hydrogens (tertiary/aromatic N) is 2. The third kappa shape index (κ3) is 2.87. The zero-order chi connectivity index (χ0) is 13.9. The van der Waals surface area contributed by atoms with Crippen molar-refractivity contribution in [1.82, 2.24) is 4.31 Å². The van der Waals surface area contributed by atoms with Gasteiger partial charge in [0.25, 0.3) is 0 Å². The predicted molar refractivity (Wildman–Crippen MR) is 70.9 cm³/mol. The van der Waals surface area contributed by atoms with Crippen molar-refractivity contribution in [3.63, 3.8) is 0 Å². The van der Waals surface area contributed by atoms with Crippen LogP contribution >= 0.6 is 23.2 Å². The molecule has 0 aliphatic carbocycles. The van der Waals surface area contributed by atoms with Gasteiger partial charge in [-0.25, -0.2) is 8.42 Å². The standard InChI is InChI=1S/C10H11Cl2N3O2S/c1-15(6-2-5-13)18(16,17)10-7(11)3-4-8(14)9(10)12/h3-4H,2,6,14H2,1H3. The summed E-state index contributed by atoms with van der Waals surface area (Å²) in [6.45, 7) is 0.0558. The van der Waals surface area contributed by atoms with Crippen LogP contribution in [-0.4, -0.2) is 26.3 Å². The summed E-state index contributed by atoms with van der Waals surface area (Å²) in [5.74, 6) is 0. The predicted octanol–water partition coefficient (Wildman–Crippen LogP) is 2.11. The van der Waals surface area contributed by atoms with Crippen LogP contribution in [0.5, 0.6) is 0 Å². The second-order valence-corrected chi connectivity index (χ2v) is 6.28. The first-order valence-electron chi connectivity index (χ1n) is 4.89. The molecule has 1 rings (SSSR count). The van der Waals surface area contributed by atoms with Crippen LogP contribution in [0.2, 0.25) is 10.0 Å². The number of anilines is 1. The minimum Gasteiger partial charge on any atom is -0.397 e. The van der Waals surface area contributed by atoms with Crippen molar-refractivity contribution in [3.8, 4) is 6.07 Å². The molecule has 0 amide bonds. The Labute approximate surface area is 116 Å². The van der Waals surface area contributed by atoms with Crippen LogP contribution in [0.1, 0.15) is 6.42 Å². The van der Waals surface area contributed by atoms with Gasteiger partial charge in [0.1, 0.15) is 4.90 Å². The topological polar surface area (TPSA) is 87.2 Å². The lowest BCUT2D eigenvalue weighted by atomic mass is 10.3. The molecule has 1 aromatic carbocycles. The Hall–Kier alpha value is -1.00. The van der Waals surface area contributed by atoms with E-state index in [1.807, 2.05) is 6.07 Å². The lowest BCUT2D eigenvalue weighted by Gasteiger charge is -2.18. The first-order valence-corrected chi connectivity index (χ1v) is 7.08. The highest BCUT2D eigenvalue weighted by Crippen LogP contribution is 2.35. The van der Waals surface area contributed by atoms with Gasteiger partial charge in [0.15, 0.2) is 0 Å². The Balaban J connectivity index is 3.30. The average Bonchev–Trinajstić information content (AvgIpc) is 2.31. The smallest absolute Gasteiger partial charge is 0.245 e. The second-order valence-electron chi connectivity index (χ2n) is 3.51. The van der Waals surface area contributed by atoms with E-state index in [1.54, 1.807) is 0 Å². The van der Waals surface area contributed by atoms with Crippen molar-refractivity contribution in [3.05, 3.63) is 22.2 Å². The molecular formula is C10H11Cl2N3O2S. The molecule has 0 fully saturated rings. The van der Waals surface area contributed by atoms with Gasteiger partial charge in [0.2, 0.25) is 10.0 Å². The van der Waals surface area contributed by atoms with Gasteiger partial charge in [-0.2, -0.15) is 9.57 Å². The third-order valence-corrected chi connectivity index (χ3v) is 5.18. The molecule has 5 nitrogen and oxygen atoms in total. The molecule has 0 aliphatic rings. The molecule has 0 radical (unpaired) electrons. The lowest BCUT2D eigenvalue weighted by Crippen LogP contribution is -2.28. The lowest BCUT2D eigenvalue weighted by molar-refractivity contribution is 0.476. The maximum Gasteiger partial charge on any atom is 0.245 e. The Morgan fingerprint density at radius 1 is 1.44 bits per heavy atom. The van der Waals surface area contributed by atoms with Gasteiger partial charge in [0.05, 0.1) is 21.8 Å². The number of sulfonamides is 1. The maximum absolute atomic E-state index is 12.2. The number of halogens is 2. The largest absolute Gasteiger partial charge is 0.397 e. The summed E-state index contributed by atoms with van der Waals surface area (Å²) in [5, 5.41) is 8.35. The molecular weight excluding hydrogens is 297 g/mol. The summed E-state index contributed by atoms with van der Waals surface area (Å²) in [6.07, 6.45) is 0.0767. The van der Waals surface area contributed by atoms with Crippen molar-refractivity contribution >= 4 is 38.9 Å². The van der Waals surface area contributed by atoms with Crippen molar-refractivity contribution in [2.24, 2.45) is 0 Å². The molecule has 0 atom stereocenters. The van der Waals surface area contributed by atoms with Crippen molar-refractivity contribution < 1.29 is 8.42 Å². The molecule has 1 aromatic rings. The Bertz CT molecular complexity index is 596. The van der Waals surface area contributed by atoms with Crippen LogP contribution in [0.4, 0.5) is 5.69 Å². The van der Waals surface area contributed by atoms with E-state index in [9.17, 15) is 8.42 Å². The van der Waals surface area contributed by atoms with Crippen molar-refractivity contribution in [2.75, 3.05) is 19.3 Å². The Kier molecular flexibility index (Phi) is 4.82. The van der Waals surface area contributed by atoms with Gasteiger partial charge >= 0.3 is 0 Å². The molecule has 18 heavy (non-hydrogen) atoms. The molecule has 2 N–H and O–H groups in total. The quantitative estimate of drug-likeness (QED) is 0.863. The van der Waals surface area contributed by atoms with E-state index in [0.29, 0.717) is 0 Å². The fourth-order valence-electron chi connectivity index (χ4n) is 1.27. The molecule has 0 spiro atoms. The van der Waals surface area contributed by atoms with Crippen LogP contribution in [-0.2, 0) is 10.0 Å². The molecule has 0 saturated carbocycles. The van der Waals surface area contributed by atoms with Gasteiger partial charge in [-0.3, -0.25) is 0 Å². The minimum absolute atomic E-state index is 0.00184. The Morgan fingerprint density at radius 2 is 2.06 bits per heavy atom. The molecule has 0 aromatic heterocycles. The number of rotatable bonds is 4. The van der Waals surface area contributed by atoms with Gasteiger partial charge in [0, 0.05) is 20.0 Å². The highest BCUT2D eigenvalue weighted by atomic mass is 35.5. The van der Waals surface area contributed by atoms with Crippen LogP contribution in [0.3, 0.4) is 0 Å². The number of nitriles is 1. The minimum atomic E-state index is -3.86. The molecule has 0 saturated heterocycles. The van der Waals surface area contributed by atoms with E-state index in [4.69, 9.17) is 34.2 Å². The molecule has 0 unspecified atom stereocenters. The summed E-state index contributed by atoms with van der Waals surface area (Å²) >= 11 is 11.7. The van der Waals surface area contributed by atoms with Crippen molar-refractivity contribution in [2.45, 2.75) is 11.3 Å².